The zero-order valence-corrected chi connectivity index (χ0v) is 23.5. The van der Waals surface area contributed by atoms with Gasteiger partial charge < -0.3 is 14.6 Å². The van der Waals surface area contributed by atoms with Crippen molar-refractivity contribution in [2.24, 2.45) is 22.7 Å². The van der Waals surface area contributed by atoms with Gasteiger partial charge in [-0.3, -0.25) is 19.5 Å². The van der Waals surface area contributed by atoms with Crippen molar-refractivity contribution >= 4 is 28.6 Å². The molecular weight excluding hydrogens is 500 g/mol. The second kappa shape index (κ2) is 9.79. The molecule has 1 saturated heterocycles. The SMILES string of the molecule is COc1cc(-c2ccc3[nH]ccc3c2)ccc1C1=NC2(CCCC2)C(=O)N1CC(C)C1CCN(C(=O)C2CC2)C1. The number of benzene rings is 2. The van der Waals surface area contributed by atoms with Crippen molar-refractivity contribution < 1.29 is 14.3 Å². The summed E-state index contributed by atoms with van der Waals surface area (Å²) in [6.45, 7) is 4.50. The van der Waals surface area contributed by atoms with E-state index in [1.165, 1.54) is 5.39 Å². The van der Waals surface area contributed by atoms with E-state index < -0.39 is 5.54 Å². The van der Waals surface area contributed by atoms with Gasteiger partial charge in [0.15, 0.2) is 0 Å². The highest BCUT2D eigenvalue weighted by atomic mass is 16.5. The van der Waals surface area contributed by atoms with Crippen molar-refractivity contribution in [3.63, 3.8) is 0 Å². The first-order valence-corrected chi connectivity index (χ1v) is 14.9. The number of ether oxygens (including phenoxy) is 1. The molecule has 7 rings (SSSR count). The number of carbonyl (C=O) groups is 2. The molecule has 2 amide bonds. The lowest BCUT2D eigenvalue weighted by Crippen LogP contribution is -2.44. The van der Waals surface area contributed by atoms with Crippen molar-refractivity contribution in [3.8, 4) is 16.9 Å². The predicted molar refractivity (Wildman–Crippen MR) is 156 cm³/mol. The summed E-state index contributed by atoms with van der Waals surface area (Å²) in [7, 11) is 1.69. The fourth-order valence-electron chi connectivity index (χ4n) is 7.08. The number of H-pyrrole nitrogens is 1. The zero-order chi connectivity index (χ0) is 27.4. The molecule has 2 aromatic carbocycles. The smallest absolute Gasteiger partial charge is 0.256 e. The largest absolute Gasteiger partial charge is 0.496 e. The molecule has 0 bridgehead atoms. The Morgan fingerprint density at radius 2 is 1.88 bits per heavy atom. The van der Waals surface area contributed by atoms with Gasteiger partial charge in [-0.2, -0.15) is 0 Å². The third kappa shape index (κ3) is 4.30. The molecule has 2 aliphatic heterocycles. The van der Waals surface area contributed by atoms with Crippen molar-refractivity contribution in [1.82, 2.24) is 14.8 Å². The van der Waals surface area contributed by atoms with E-state index in [9.17, 15) is 9.59 Å². The van der Waals surface area contributed by atoms with E-state index in [4.69, 9.17) is 9.73 Å². The minimum Gasteiger partial charge on any atom is -0.496 e. The van der Waals surface area contributed by atoms with Crippen LogP contribution in [0.4, 0.5) is 0 Å². The summed E-state index contributed by atoms with van der Waals surface area (Å²) in [5.74, 6) is 2.86. The highest BCUT2D eigenvalue weighted by Crippen LogP contribution is 2.42. The van der Waals surface area contributed by atoms with Gasteiger partial charge in [0.2, 0.25) is 5.91 Å². The molecule has 0 radical (unpaired) electrons. The topological polar surface area (TPSA) is 78.0 Å². The second-order valence-electron chi connectivity index (χ2n) is 12.4. The van der Waals surface area contributed by atoms with Crippen molar-refractivity contribution in [1.29, 1.82) is 0 Å². The number of amidine groups is 1. The number of methoxy groups -OCH3 is 1. The molecule has 2 aliphatic carbocycles. The van der Waals surface area contributed by atoms with Crippen LogP contribution in [-0.4, -0.2) is 64.7 Å². The minimum atomic E-state index is -0.637. The van der Waals surface area contributed by atoms with Crippen LogP contribution in [0.3, 0.4) is 0 Å². The second-order valence-corrected chi connectivity index (χ2v) is 12.4. The number of rotatable bonds is 7. The quantitative estimate of drug-likeness (QED) is 0.423. The van der Waals surface area contributed by atoms with Crippen molar-refractivity contribution in [2.45, 2.75) is 57.4 Å². The van der Waals surface area contributed by atoms with Crippen LogP contribution < -0.4 is 4.74 Å². The molecule has 3 heterocycles. The molecule has 7 heteroatoms. The Kier molecular flexibility index (Phi) is 6.21. The Bertz CT molecular complexity index is 1500. The molecule has 2 saturated carbocycles. The van der Waals surface area contributed by atoms with Crippen LogP contribution in [0.1, 0.15) is 57.4 Å². The lowest BCUT2D eigenvalue weighted by atomic mass is 9.91. The number of hydrogen-bond acceptors (Lipinski definition) is 4. The van der Waals surface area contributed by atoms with Crippen LogP contribution >= 0.6 is 0 Å². The molecule has 3 fully saturated rings. The number of likely N-dealkylation sites (tertiary alicyclic amines) is 1. The number of hydrogen-bond donors (Lipinski definition) is 1. The van der Waals surface area contributed by atoms with E-state index >= 15 is 0 Å². The number of nitrogens with one attached hydrogen (secondary N) is 1. The molecule has 1 aromatic heterocycles. The lowest BCUT2D eigenvalue weighted by molar-refractivity contribution is -0.132. The van der Waals surface area contributed by atoms with Gasteiger partial charge in [0.1, 0.15) is 17.1 Å². The van der Waals surface area contributed by atoms with E-state index in [1.807, 2.05) is 11.1 Å². The number of fused-ring (bicyclic) bond motifs is 1. The maximum absolute atomic E-state index is 14.0. The van der Waals surface area contributed by atoms with Crippen molar-refractivity contribution in [3.05, 3.63) is 54.2 Å². The fraction of sp³-hybridized carbons (Fsp3) is 0.485. The third-order valence-corrected chi connectivity index (χ3v) is 9.72. The lowest BCUT2D eigenvalue weighted by Gasteiger charge is -2.28. The average molecular weight is 539 g/mol. The summed E-state index contributed by atoms with van der Waals surface area (Å²) in [4.78, 5) is 39.1. The van der Waals surface area contributed by atoms with E-state index in [-0.39, 0.29) is 17.7 Å². The van der Waals surface area contributed by atoms with E-state index in [0.717, 1.165) is 91.8 Å². The van der Waals surface area contributed by atoms with Gasteiger partial charge in [0.25, 0.3) is 5.91 Å². The summed E-state index contributed by atoms with van der Waals surface area (Å²) < 4.78 is 5.93. The molecule has 40 heavy (non-hydrogen) atoms. The molecular formula is C33H38N4O3. The molecule has 4 aliphatic rings. The van der Waals surface area contributed by atoms with Crippen LogP contribution in [-0.2, 0) is 9.59 Å². The fourth-order valence-corrected chi connectivity index (χ4v) is 7.08. The molecule has 208 valence electrons. The van der Waals surface area contributed by atoms with Gasteiger partial charge in [-0.05, 0) is 90.8 Å². The Morgan fingerprint density at radius 1 is 1.10 bits per heavy atom. The summed E-state index contributed by atoms with van der Waals surface area (Å²) in [6.07, 6.45) is 8.73. The van der Waals surface area contributed by atoms with Crippen LogP contribution in [0.25, 0.3) is 22.0 Å². The molecule has 2 atom stereocenters. The van der Waals surface area contributed by atoms with E-state index in [1.54, 1.807) is 7.11 Å². The Hall–Kier alpha value is -3.61. The van der Waals surface area contributed by atoms with E-state index in [0.29, 0.717) is 18.4 Å². The Balaban J connectivity index is 1.18. The number of amides is 2. The Morgan fingerprint density at radius 3 is 2.65 bits per heavy atom. The number of aromatic nitrogens is 1. The minimum absolute atomic E-state index is 0.139. The van der Waals surface area contributed by atoms with Crippen LogP contribution in [0.2, 0.25) is 0 Å². The standard InChI is InChI=1S/C33H38N4O3/c1-21(26-12-16-36(20-26)31(38)22-5-6-22)19-37-30(35-33(32(37)39)13-3-4-14-33)27-9-7-24(18-29(27)40-2)23-8-10-28-25(17-23)11-15-34-28/h7-11,15,17-18,21-22,26,34H,3-6,12-14,16,19-20H2,1-2H3. The van der Waals surface area contributed by atoms with E-state index in [2.05, 4.69) is 59.3 Å². The van der Waals surface area contributed by atoms with Crippen LogP contribution in [0.5, 0.6) is 5.75 Å². The molecule has 3 aromatic rings. The van der Waals surface area contributed by atoms with Crippen molar-refractivity contribution in [2.75, 3.05) is 26.7 Å². The average Bonchev–Trinajstić information content (AvgIpc) is 3.33. The maximum atomic E-state index is 14.0. The molecule has 2 unspecified atom stereocenters. The maximum Gasteiger partial charge on any atom is 0.256 e. The number of nitrogens with zero attached hydrogens (tertiary/aromatic N) is 3. The van der Waals surface area contributed by atoms with Gasteiger partial charge in [-0.25, -0.2) is 0 Å². The third-order valence-electron chi connectivity index (χ3n) is 9.72. The first-order chi connectivity index (χ1) is 19.5. The summed E-state index contributed by atoms with van der Waals surface area (Å²) in [5.41, 5.74) is 3.53. The normalized spacial score (nSPS) is 22.9. The van der Waals surface area contributed by atoms with Gasteiger partial charge in [0.05, 0.1) is 12.7 Å². The zero-order valence-electron chi connectivity index (χ0n) is 23.5. The van der Waals surface area contributed by atoms with Gasteiger partial charge in [-0.1, -0.05) is 31.9 Å². The van der Waals surface area contributed by atoms with Gasteiger partial charge in [0, 0.05) is 37.3 Å². The number of aromatic amines is 1. The van der Waals surface area contributed by atoms with Gasteiger partial charge in [-0.15, -0.1) is 0 Å². The molecule has 1 spiro atoms. The summed E-state index contributed by atoms with van der Waals surface area (Å²) in [5, 5.41) is 1.17. The highest BCUT2D eigenvalue weighted by Gasteiger charge is 2.51. The van der Waals surface area contributed by atoms with Gasteiger partial charge >= 0.3 is 0 Å². The monoisotopic (exact) mass is 538 g/mol. The molecule has 1 N–H and O–H groups in total. The first kappa shape index (κ1) is 25.4. The predicted octanol–water partition coefficient (Wildman–Crippen LogP) is 5.64. The number of carbonyl (C=O) groups excluding carboxylic acids is 2. The first-order valence-electron chi connectivity index (χ1n) is 14.9. The Labute approximate surface area is 235 Å². The van der Waals surface area contributed by atoms with Crippen LogP contribution in [0, 0.1) is 17.8 Å². The molecule has 7 nitrogen and oxygen atoms in total. The number of aliphatic imine (C=N–C) groups is 1. The highest BCUT2D eigenvalue weighted by molar-refractivity contribution is 6.16. The van der Waals surface area contributed by atoms with Crippen LogP contribution in [0.15, 0.2) is 53.7 Å². The summed E-state index contributed by atoms with van der Waals surface area (Å²) >= 11 is 0. The summed E-state index contributed by atoms with van der Waals surface area (Å²) in [6, 6.07) is 14.7.